The van der Waals surface area contributed by atoms with Crippen LogP contribution >= 0.6 is 27.3 Å². The fourth-order valence-electron chi connectivity index (χ4n) is 1.83. The molecule has 114 valence electrons. The molecule has 0 aliphatic rings. The van der Waals surface area contributed by atoms with Crippen molar-refractivity contribution in [3.05, 3.63) is 27.5 Å². The Bertz CT molecular complexity index is 799. The number of carbonyl (C=O) groups excluding carboxylic acids is 1. The zero-order valence-corrected chi connectivity index (χ0v) is 14.8. The van der Waals surface area contributed by atoms with Crippen molar-refractivity contribution in [1.82, 2.24) is 4.90 Å². The summed E-state index contributed by atoms with van der Waals surface area (Å²) in [5.74, 6) is -0.320. The van der Waals surface area contributed by atoms with Crippen LogP contribution in [0.15, 0.2) is 22.7 Å². The summed E-state index contributed by atoms with van der Waals surface area (Å²) in [6, 6.07) is 5.65. The predicted molar refractivity (Wildman–Crippen MR) is 90.6 cm³/mol. The van der Waals surface area contributed by atoms with Gasteiger partial charge in [-0.15, -0.1) is 11.3 Å². The smallest absolute Gasteiger partial charge is 0.265 e. The van der Waals surface area contributed by atoms with Gasteiger partial charge in [0.05, 0.1) is 11.4 Å². The van der Waals surface area contributed by atoms with E-state index in [1.54, 1.807) is 7.05 Å². The van der Waals surface area contributed by atoms with Crippen molar-refractivity contribution in [2.24, 2.45) is 0 Å². The molecule has 1 amide bonds. The molecule has 0 fully saturated rings. The maximum Gasteiger partial charge on any atom is 0.265 e. The van der Waals surface area contributed by atoms with Gasteiger partial charge in [-0.05, 0) is 18.2 Å². The van der Waals surface area contributed by atoms with E-state index < -0.39 is 9.84 Å². The van der Waals surface area contributed by atoms with E-state index in [4.69, 9.17) is 5.73 Å². The van der Waals surface area contributed by atoms with Crippen LogP contribution in [-0.2, 0) is 9.84 Å². The fourth-order valence-corrected chi connectivity index (χ4v) is 3.89. The Kier molecular flexibility index (Phi) is 4.60. The summed E-state index contributed by atoms with van der Waals surface area (Å²) >= 11 is 4.69. The third kappa shape index (κ3) is 3.75. The minimum absolute atomic E-state index is 0.0639. The van der Waals surface area contributed by atoms with Crippen molar-refractivity contribution in [2.45, 2.75) is 0 Å². The number of nitrogens with two attached hydrogens (primary N) is 1. The van der Waals surface area contributed by atoms with Crippen molar-refractivity contribution in [2.75, 3.05) is 31.3 Å². The molecule has 8 heteroatoms. The first kappa shape index (κ1) is 16.3. The van der Waals surface area contributed by atoms with Gasteiger partial charge in [0.25, 0.3) is 5.91 Å². The first-order valence-electron chi connectivity index (χ1n) is 6.10. The number of nitrogen functional groups attached to an aromatic ring is 1. The highest BCUT2D eigenvalue weighted by Gasteiger charge is 2.20. The zero-order valence-electron chi connectivity index (χ0n) is 11.6. The molecular weight excluding hydrogens is 376 g/mol. The van der Waals surface area contributed by atoms with Crippen LogP contribution in [0.25, 0.3) is 10.1 Å². The van der Waals surface area contributed by atoms with Gasteiger partial charge in [-0.3, -0.25) is 4.79 Å². The van der Waals surface area contributed by atoms with Crippen molar-refractivity contribution in [3.8, 4) is 0 Å². The molecule has 0 saturated heterocycles. The lowest BCUT2D eigenvalue weighted by molar-refractivity contribution is 0.0809. The molecule has 0 bridgehead atoms. The van der Waals surface area contributed by atoms with Gasteiger partial charge in [-0.25, -0.2) is 8.42 Å². The van der Waals surface area contributed by atoms with E-state index in [0.717, 1.165) is 20.8 Å². The molecular formula is C13H15BrN2O3S2. The van der Waals surface area contributed by atoms with E-state index in [0.29, 0.717) is 10.6 Å². The van der Waals surface area contributed by atoms with Crippen LogP contribution in [0, 0.1) is 0 Å². The number of amides is 1. The van der Waals surface area contributed by atoms with Crippen molar-refractivity contribution >= 4 is 58.8 Å². The van der Waals surface area contributed by atoms with E-state index >= 15 is 0 Å². The van der Waals surface area contributed by atoms with Crippen LogP contribution in [0.3, 0.4) is 0 Å². The van der Waals surface area contributed by atoms with E-state index in [-0.39, 0.29) is 18.2 Å². The SMILES string of the molecule is CN(CCS(C)(=O)=O)C(=O)c1sc2ccc(Br)cc2c1N. The molecule has 2 rings (SSSR count). The maximum atomic E-state index is 12.4. The number of thiophene rings is 1. The number of nitrogens with zero attached hydrogens (tertiary/aromatic N) is 1. The second kappa shape index (κ2) is 5.94. The number of halogens is 1. The van der Waals surface area contributed by atoms with E-state index in [9.17, 15) is 13.2 Å². The van der Waals surface area contributed by atoms with E-state index in [1.807, 2.05) is 18.2 Å². The highest BCUT2D eigenvalue weighted by atomic mass is 79.9. The lowest BCUT2D eigenvalue weighted by Crippen LogP contribution is -2.31. The van der Waals surface area contributed by atoms with Crippen LogP contribution in [0.1, 0.15) is 9.67 Å². The minimum atomic E-state index is -3.10. The Labute approximate surface area is 135 Å². The van der Waals surface area contributed by atoms with Gasteiger partial charge in [0, 0.05) is 34.4 Å². The fraction of sp³-hybridized carbons (Fsp3) is 0.308. The molecule has 1 aromatic heterocycles. The van der Waals surface area contributed by atoms with Crippen molar-refractivity contribution in [1.29, 1.82) is 0 Å². The third-order valence-corrected chi connectivity index (χ3v) is 5.62. The van der Waals surface area contributed by atoms with Gasteiger partial charge in [0.1, 0.15) is 14.7 Å². The number of sulfone groups is 1. The lowest BCUT2D eigenvalue weighted by atomic mass is 10.2. The number of carbonyl (C=O) groups is 1. The first-order chi connectivity index (χ1) is 9.69. The summed E-state index contributed by atoms with van der Waals surface area (Å²) in [4.78, 5) is 14.2. The van der Waals surface area contributed by atoms with Crippen LogP contribution in [0.5, 0.6) is 0 Å². The Morgan fingerprint density at radius 3 is 2.71 bits per heavy atom. The Balaban J connectivity index is 2.29. The van der Waals surface area contributed by atoms with Crippen molar-refractivity contribution in [3.63, 3.8) is 0 Å². The molecule has 2 N–H and O–H groups in total. The molecule has 2 aromatic rings. The summed E-state index contributed by atoms with van der Waals surface area (Å²) in [6.45, 7) is 0.148. The van der Waals surface area contributed by atoms with Crippen LogP contribution in [-0.4, -0.2) is 44.8 Å². The second-order valence-electron chi connectivity index (χ2n) is 4.84. The van der Waals surface area contributed by atoms with Gasteiger partial charge in [-0.2, -0.15) is 0 Å². The van der Waals surface area contributed by atoms with Gasteiger partial charge in [0.15, 0.2) is 0 Å². The molecule has 0 aliphatic carbocycles. The molecule has 1 heterocycles. The molecule has 21 heavy (non-hydrogen) atoms. The number of fused-ring (bicyclic) bond motifs is 1. The molecule has 0 radical (unpaired) electrons. The van der Waals surface area contributed by atoms with Crippen LogP contribution in [0.4, 0.5) is 5.69 Å². The first-order valence-corrected chi connectivity index (χ1v) is 9.77. The molecule has 0 unspecified atom stereocenters. The molecule has 5 nitrogen and oxygen atoms in total. The summed E-state index contributed by atoms with van der Waals surface area (Å²) < 4.78 is 24.2. The third-order valence-electron chi connectivity index (χ3n) is 3.03. The lowest BCUT2D eigenvalue weighted by Gasteiger charge is -2.15. The van der Waals surface area contributed by atoms with Crippen molar-refractivity contribution < 1.29 is 13.2 Å². The summed E-state index contributed by atoms with van der Waals surface area (Å²) in [5, 5.41) is 0.828. The number of anilines is 1. The highest BCUT2D eigenvalue weighted by molar-refractivity contribution is 9.10. The normalized spacial score (nSPS) is 11.8. The Morgan fingerprint density at radius 2 is 2.10 bits per heavy atom. The number of hydrogen-bond acceptors (Lipinski definition) is 5. The zero-order chi connectivity index (χ0) is 15.8. The molecule has 0 atom stereocenters. The van der Waals surface area contributed by atoms with Gasteiger partial charge >= 0.3 is 0 Å². The quantitative estimate of drug-likeness (QED) is 0.868. The number of rotatable bonds is 4. The summed E-state index contributed by atoms with van der Waals surface area (Å²) in [6.07, 6.45) is 1.15. The van der Waals surface area contributed by atoms with E-state index in [2.05, 4.69) is 15.9 Å². The number of hydrogen-bond donors (Lipinski definition) is 1. The predicted octanol–water partition coefficient (Wildman–Crippen LogP) is 2.36. The Hall–Kier alpha value is -1.12. The monoisotopic (exact) mass is 390 g/mol. The highest BCUT2D eigenvalue weighted by Crippen LogP contribution is 2.35. The molecule has 1 aromatic carbocycles. The number of benzene rings is 1. The molecule has 0 spiro atoms. The average molecular weight is 391 g/mol. The largest absolute Gasteiger partial charge is 0.397 e. The van der Waals surface area contributed by atoms with Gasteiger partial charge in [-0.1, -0.05) is 15.9 Å². The topological polar surface area (TPSA) is 80.5 Å². The summed E-state index contributed by atoms with van der Waals surface area (Å²) in [5.41, 5.74) is 6.49. The minimum Gasteiger partial charge on any atom is -0.397 e. The van der Waals surface area contributed by atoms with E-state index in [1.165, 1.54) is 16.2 Å². The second-order valence-corrected chi connectivity index (χ2v) is 9.07. The summed E-state index contributed by atoms with van der Waals surface area (Å²) in [7, 11) is -1.53. The van der Waals surface area contributed by atoms with Gasteiger partial charge < -0.3 is 10.6 Å². The maximum absolute atomic E-state index is 12.4. The van der Waals surface area contributed by atoms with Gasteiger partial charge in [0.2, 0.25) is 0 Å². The van der Waals surface area contributed by atoms with Crippen LogP contribution < -0.4 is 5.73 Å². The van der Waals surface area contributed by atoms with Crippen LogP contribution in [0.2, 0.25) is 0 Å². The average Bonchev–Trinajstić information content (AvgIpc) is 2.71. The molecule has 0 aliphatic heterocycles. The standard InChI is InChI=1S/C13H15BrN2O3S2/c1-16(5-6-21(2,18)19)13(17)12-11(15)9-7-8(14)3-4-10(9)20-12/h3-4,7H,5-6,15H2,1-2H3. The Morgan fingerprint density at radius 1 is 1.43 bits per heavy atom. The molecule has 0 saturated carbocycles.